The van der Waals surface area contributed by atoms with Gasteiger partial charge in [0.1, 0.15) is 0 Å². The summed E-state index contributed by atoms with van der Waals surface area (Å²) in [4.78, 5) is 0. The molecule has 0 aliphatic carbocycles. The van der Waals surface area contributed by atoms with Crippen LogP contribution in [0.3, 0.4) is 0 Å². The van der Waals surface area contributed by atoms with Crippen molar-refractivity contribution in [1.29, 1.82) is 0 Å². The first-order valence-electron chi connectivity index (χ1n) is 4.60. The van der Waals surface area contributed by atoms with E-state index in [4.69, 9.17) is 0 Å². The smallest absolute Gasteiger partial charge is 0.00464 e. The molecule has 1 nitrogen and oxygen atoms in total. The standard InChI is InChI=1S/C7H15N.C2H6.CH4/c1-7-3-2-5-8-6-4-7;1-2;/h7-8H,2-6H2,1H3;1-2H3;1H4. The van der Waals surface area contributed by atoms with E-state index in [1.165, 1.54) is 32.4 Å². The summed E-state index contributed by atoms with van der Waals surface area (Å²) in [5.74, 6) is 0.963. The Morgan fingerprint density at radius 1 is 1.09 bits per heavy atom. The van der Waals surface area contributed by atoms with E-state index < -0.39 is 0 Å². The molecule has 0 spiro atoms. The molecule has 70 valence electrons. The van der Waals surface area contributed by atoms with Crippen molar-refractivity contribution >= 4 is 0 Å². The van der Waals surface area contributed by atoms with Gasteiger partial charge in [0.15, 0.2) is 0 Å². The fourth-order valence-corrected chi connectivity index (χ4v) is 1.19. The first kappa shape index (κ1) is 13.5. The number of hydrogen-bond donors (Lipinski definition) is 1. The lowest BCUT2D eigenvalue weighted by Gasteiger charge is -2.02. The monoisotopic (exact) mass is 159 g/mol. The van der Waals surface area contributed by atoms with Crippen molar-refractivity contribution in [3.8, 4) is 0 Å². The molecule has 1 fully saturated rings. The molecule has 1 atom stereocenters. The minimum Gasteiger partial charge on any atom is -0.317 e. The lowest BCUT2D eigenvalue weighted by atomic mass is 10.0. The molecule has 0 aromatic carbocycles. The largest absolute Gasteiger partial charge is 0.317 e. The topological polar surface area (TPSA) is 12.0 Å². The fraction of sp³-hybridized carbons (Fsp3) is 1.00. The summed E-state index contributed by atoms with van der Waals surface area (Å²) < 4.78 is 0. The van der Waals surface area contributed by atoms with Gasteiger partial charge < -0.3 is 5.32 Å². The summed E-state index contributed by atoms with van der Waals surface area (Å²) in [6, 6.07) is 0. The van der Waals surface area contributed by atoms with Gasteiger partial charge in [0.05, 0.1) is 0 Å². The number of nitrogens with one attached hydrogen (secondary N) is 1. The van der Waals surface area contributed by atoms with Crippen molar-refractivity contribution in [2.75, 3.05) is 13.1 Å². The van der Waals surface area contributed by atoms with Crippen LogP contribution < -0.4 is 5.32 Å². The molecule has 0 amide bonds. The predicted octanol–water partition coefficient (Wildman–Crippen LogP) is 3.06. The van der Waals surface area contributed by atoms with Crippen molar-refractivity contribution < 1.29 is 0 Å². The van der Waals surface area contributed by atoms with Crippen molar-refractivity contribution in [2.24, 2.45) is 5.92 Å². The molecule has 1 heterocycles. The zero-order valence-corrected chi connectivity index (χ0v) is 7.61. The van der Waals surface area contributed by atoms with E-state index in [2.05, 4.69) is 12.2 Å². The molecule has 1 heteroatoms. The molecular weight excluding hydrogens is 134 g/mol. The van der Waals surface area contributed by atoms with Crippen LogP contribution in [0, 0.1) is 5.92 Å². The summed E-state index contributed by atoms with van der Waals surface area (Å²) >= 11 is 0. The van der Waals surface area contributed by atoms with Crippen LogP contribution in [0.5, 0.6) is 0 Å². The van der Waals surface area contributed by atoms with Crippen LogP contribution in [0.2, 0.25) is 0 Å². The second-order valence-electron chi connectivity index (χ2n) is 2.79. The van der Waals surface area contributed by atoms with Gasteiger partial charge >= 0.3 is 0 Å². The first-order valence-corrected chi connectivity index (χ1v) is 4.60. The lowest BCUT2D eigenvalue weighted by molar-refractivity contribution is 0.519. The number of rotatable bonds is 0. The Labute approximate surface area is 72.6 Å². The van der Waals surface area contributed by atoms with E-state index in [0.29, 0.717) is 0 Å². The van der Waals surface area contributed by atoms with Gasteiger partial charge in [0.2, 0.25) is 0 Å². The third-order valence-corrected chi connectivity index (χ3v) is 1.86. The van der Waals surface area contributed by atoms with Crippen molar-refractivity contribution in [3.05, 3.63) is 0 Å². The van der Waals surface area contributed by atoms with E-state index in [-0.39, 0.29) is 7.43 Å². The van der Waals surface area contributed by atoms with Crippen LogP contribution in [-0.4, -0.2) is 13.1 Å². The third-order valence-electron chi connectivity index (χ3n) is 1.86. The van der Waals surface area contributed by atoms with Crippen molar-refractivity contribution in [2.45, 2.75) is 47.5 Å². The summed E-state index contributed by atoms with van der Waals surface area (Å²) in [6.07, 6.45) is 4.17. The Kier molecular flexibility index (Phi) is 12.3. The van der Waals surface area contributed by atoms with E-state index in [0.717, 1.165) is 5.92 Å². The van der Waals surface area contributed by atoms with Gasteiger partial charge in [-0.1, -0.05) is 28.2 Å². The van der Waals surface area contributed by atoms with Crippen molar-refractivity contribution in [3.63, 3.8) is 0 Å². The van der Waals surface area contributed by atoms with E-state index in [9.17, 15) is 0 Å². The van der Waals surface area contributed by atoms with E-state index in [1.54, 1.807) is 0 Å². The zero-order valence-electron chi connectivity index (χ0n) is 7.61. The molecule has 11 heavy (non-hydrogen) atoms. The molecule has 1 saturated heterocycles. The van der Waals surface area contributed by atoms with Crippen LogP contribution in [0.4, 0.5) is 0 Å². The van der Waals surface area contributed by atoms with Gasteiger partial charge in [-0.3, -0.25) is 0 Å². The van der Waals surface area contributed by atoms with E-state index >= 15 is 0 Å². The predicted molar refractivity (Wildman–Crippen MR) is 54.0 cm³/mol. The minimum absolute atomic E-state index is 0. The highest BCUT2D eigenvalue weighted by Crippen LogP contribution is 2.10. The van der Waals surface area contributed by atoms with Gasteiger partial charge in [0.25, 0.3) is 0 Å². The van der Waals surface area contributed by atoms with Gasteiger partial charge in [-0.25, -0.2) is 0 Å². The highest BCUT2D eigenvalue weighted by molar-refractivity contribution is 4.61. The maximum absolute atomic E-state index is 3.38. The molecule has 1 aliphatic rings. The minimum atomic E-state index is 0. The molecular formula is C10H25N. The third kappa shape index (κ3) is 7.86. The SMILES string of the molecule is C.CC.CC1CCCNCC1. The van der Waals surface area contributed by atoms with Gasteiger partial charge in [-0.15, -0.1) is 0 Å². The lowest BCUT2D eigenvalue weighted by Crippen LogP contribution is -2.13. The van der Waals surface area contributed by atoms with Crippen LogP contribution in [0.25, 0.3) is 0 Å². The molecule has 1 aliphatic heterocycles. The quantitative estimate of drug-likeness (QED) is 0.573. The highest BCUT2D eigenvalue weighted by atomic mass is 14.8. The summed E-state index contributed by atoms with van der Waals surface area (Å²) in [6.45, 7) is 8.82. The fourth-order valence-electron chi connectivity index (χ4n) is 1.19. The first-order chi connectivity index (χ1) is 4.89. The molecule has 0 saturated carbocycles. The van der Waals surface area contributed by atoms with Gasteiger partial charge in [-0.05, 0) is 38.3 Å². The summed E-state index contributed by atoms with van der Waals surface area (Å²) in [7, 11) is 0. The Morgan fingerprint density at radius 3 is 2.36 bits per heavy atom. The van der Waals surface area contributed by atoms with E-state index in [1.807, 2.05) is 13.8 Å². The molecule has 1 N–H and O–H groups in total. The van der Waals surface area contributed by atoms with Gasteiger partial charge in [0, 0.05) is 0 Å². The average molecular weight is 159 g/mol. The average Bonchev–Trinajstić information content (AvgIpc) is 2.21. The van der Waals surface area contributed by atoms with Crippen LogP contribution in [-0.2, 0) is 0 Å². The molecule has 0 aromatic rings. The second-order valence-corrected chi connectivity index (χ2v) is 2.79. The Hall–Kier alpha value is -0.0400. The summed E-state index contributed by atoms with van der Waals surface area (Å²) in [5.41, 5.74) is 0. The van der Waals surface area contributed by atoms with Gasteiger partial charge in [-0.2, -0.15) is 0 Å². The Balaban J connectivity index is 0. The molecule has 0 bridgehead atoms. The second kappa shape index (κ2) is 9.96. The normalized spacial score (nSPS) is 23.7. The van der Waals surface area contributed by atoms with Crippen molar-refractivity contribution in [1.82, 2.24) is 5.32 Å². The Morgan fingerprint density at radius 2 is 1.73 bits per heavy atom. The molecule has 1 rings (SSSR count). The zero-order chi connectivity index (χ0) is 7.82. The maximum atomic E-state index is 3.38. The molecule has 0 radical (unpaired) electrons. The highest BCUT2D eigenvalue weighted by Gasteiger charge is 2.04. The van der Waals surface area contributed by atoms with Crippen LogP contribution >= 0.6 is 0 Å². The maximum Gasteiger partial charge on any atom is -0.00464 e. The van der Waals surface area contributed by atoms with Crippen LogP contribution in [0.15, 0.2) is 0 Å². The summed E-state index contributed by atoms with van der Waals surface area (Å²) in [5, 5.41) is 3.38. The van der Waals surface area contributed by atoms with Crippen LogP contribution in [0.1, 0.15) is 47.5 Å². The number of hydrogen-bond acceptors (Lipinski definition) is 1. The molecule has 0 aromatic heterocycles. The Bertz CT molecular complexity index is 53.9. The molecule has 1 unspecified atom stereocenters.